The highest BCUT2D eigenvalue weighted by Gasteiger charge is 2.22. The first-order valence-corrected chi connectivity index (χ1v) is 7.85. The van der Waals surface area contributed by atoms with E-state index in [0.717, 1.165) is 38.4 Å². The summed E-state index contributed by atoms with van der Waals surface area (Å²) >= 11 is 0. The van der Waals surface area contributed by atoms with Gasteiger partial charge in [0.2, 0.25) is 0 Å². The van der Waals surface area contributed by atoms with Gasteiger partial charge in [0.05, 0.1) is 0 Å². The van der Waals surface area contributed by atoms with Gasteiger partial charge >= 0.3 is 0 Å². The van der Waals surface area contributed by atoms with Crippen molar-refractivity contribution in [2.24, 2.45) is 0 Å². The number of halogens is 1. The smallest absolute Gasteiger partial charge is 0.123 e. The molecule has 2 rings (SSSR count). The zero-order chi connectivity index (χ0) is 15.5. The van der Waals surface area contributed by atoms with Crippen LogP contribution in [0.4, 0.5) is 10.1 Å². The summed E-state index contributed by atoms with van der Waals surface area (Å²) in [5.41, 5.74) is 1.29. The van der Waals surface area contributed by atoms with E-state index in [1.54, 1.807) is 0 Å². The van der Waals surface area contributed by atoms with E-state index in [9.17, 15) is 4.39 Å². The van der Waals surface area contributed by atoms with Crippen molar-refractivity contribution in [3.63, 3.8) is 0 Å². The van der Waals surface area contributed by atoms with Crippen LogP contribution in [0.25, 0.3) is 0 Å². The molecule has 1 aliphatic heterocycles. The van der Waals surface area contributed by atoms with E-state index in [1.807, 2.05) is 12.1 Å². The van der Waals surface area contributed by atoms with Gasteiger partial charge in [0, 0.05) is 50.0 Å². The van der Waals surface area contributed by atoms with E-state index < -0.39 is 0 Å². The molecule has 3 nitrogen and oxygen atoms in total. The van der Waals surface area contributed by atoms with Crippen LogP contribution in [-0.2, 0) is 0 Å². The maximum Gasteiger partial charge on any atom is 0.123 e. The summed E-state index contributed by atoms with van der Waals surface area (Å²) in [6, 6.07) is 7.36. The average Bonchev–Trinajstić information content (AvgIpc) is 2.45. The standard InChI is InChI=1S/C17H28FN3/c1-14(13-19-17(2,3)4)20-9-11-21(12-10-20)16-7-5-15(18)6-8-16/h5-8,14,19H,9-13H2,1-4H3. The van der Waals surface area contributed by atoms with E-state index in [-0.39, 0.29) is 11.4 Å². The van der Waals surface area contributed by atoms with Gasteiger partial charge in [0.1, 0.15) is 5.82 Å². The van der Waals surface area contributed by atoms with Crippen molar-refractivity contribution >= 4 is 5.69 Å². The van der Waals surface area contributed by atoms with E-state index in [0.29, 0.717) is 6.04 Å². The minimum absolute atomic E-state index is 0.167. The Morgan fingerprint density at radius 1 is 1.10 bits per heavy atom. The molecule has 1 unspecified atom stereocenters. The molecule has 0 aliphatic carbocycles. The molecule has 1 aromatic carbocycles. The molecule has 1 N–H and O–H groups in total. The number of benzene rings is 1. The Morgan fingerprint density at radius 2 is 1.67 bits per heavy atom. The normalized spacial score (nSPS) is 18.8. The lowest BCUT2D eigenvalue weighted by molar-refractivity contribution is 0.184. The second kappa shape index (κ2) is 6.75. The molecular weight excluding hydrogens is 265 g/mol. The second-order valence-electron chi connectivity index (χ2n) is 6.98. The van der Waals surface area contributed by atoms with Crippen LogP contribution in [0.1, 0.15) is 27.7 Å². The number of hydrogen-bond acceptors (Lipinski definition) is 3. The molecule has 0 saturated carbocycles. The number of nitrogens with zero attached hydrogens (tertiary/aromatic N) is 2. The van der Waals surface area contributed by atoms with Crippen LogP contribution in [-0.4, -0.2) is 49.2 Å². The molecule has 1 aromatic rings. The number of hydrogen-bond donors (Lipinski definition) is 1. The Hall–Kier alpha value is -1.13. The number of anilines is 1. The summed E-state index contributed by atoms with van der Waals surface area (Å²) in [6.07, 6.45) is 0. The van der Waals surface area contributed by atoms with Gasteiger partial charge in [-0.3, -0.25) is 4.90 Å². The topological polar surface area (TPSA) is 18.5 Å². The van der Waals surface area contributed by atoms with Gasteiger partial charge in [0.15, 0.2) is 0 Å². The fraction of sp³-hybridized carbons (Fsp3) is 0.647. The first-order valence-electron chi connectivity index (χ1n) is 7.85. The van der Waals surface area contributed by atoms with Crippen LogP contribution >= 0.6 is 0 Å². The summed E-state index contributed by atoms with van der Waals surface area (Å²) in [6.45, 7) is 14.0. The molecule has 1 atom stereocenters. The highest BCUT2D eigenvalue weighted by atomic mass is 19.1. The fourth-order valence-electron chi connectivity index (χ4n) is 2.66. The third-order valence-corrected chi connectivity index (χ3v) is 4.06. The summed E-state index contributed by atoms with van der Waals surface area (Å²) in [7, 11) is 0. The summed E-state index contributed by atoms with van der Waals surface area (Å²) in [5.74, 6) is -0.167. The van der Waals surface area contributed by atoms with Crippen molar-refractivity contribution in [1.82, 2.24) is 10.2 Å². The lowest BCUT2D eigenvalue weighted by atomic mass is 10.1. The van der Waals surface area contributed by atoms with Crippen molar-refractivity contribution in [3.05, 3.63) is 30.1 Å². The van der Waals surface area contributed by atoms with Crippen LogP contribution in [0.2, 0.25) is 0 Å². The second-order valence-corrected chi connectivity index (χ2v) is 6.98. The molecule has 0 aromatic heterocycles. The third-order valence-electron chi connectivity index (χ3n) is 4.06. The average molecular weight is 293 g/mol. The molecule has 0 amide bonds. The van der Waals surface area contributed by atoms with Gasteiger partial charge in [-0.05, 0) is 52.0 Å². The predicted molar refractivity (Wildman–Crippen MR) is 87.4 cm³/mol. The van der Waals surface area contributed by atoms with Gasteiger partial charge in [-0.25, -0.2) is 4.39 Å². The molecule has 1 saturated heterocycles. The number of nitrogens with one attached hydrogen (secondary N) is 1. The SMILES string of the molecule is CC(CNC(C)(C)C)N1CCN(c2ccc(F)cc2)CC1. The van der Waals surface area contributed by atoms with Crippen molar-refractivity contribution in [1.29, 1.82) is 0 Å². The van der Waals surface area contributed by atoms with Crippen LogP contribution in [0.15, 0.2) is 24.3 Å². The largest absolute Gasteiger partial charge is 0.369 e. The monoisotopic (exact) mass is 293 g/mol. The van der Waals surface area contributed by atoms with E-state index >= 15 is 0 Å². The Morgan fingerprint density at radius 3 is 2.19 bits per heavy atom. The van der Waals surface area contributed by atoms with Gasteiger partial charge in [-0.1, -0.05) is 0 Å². The van der Waals surface area contributed by atoms with Gasteiger partial charge in [-0.15, -0.1) is 0 Å². The van der Waals surface area contributed by atoms with Gasteiger partial charge in [0.25, 0.3) is 0 Å². The fourth-order valence-corrected chi connectivity index (χ4v) is 2.66. The zero-order valence-electron chi connectivity index (χ0n) is 13.7. The van der Waals surface area contributed by atoms with Crippen molar-refractivity contribution in [2.75, 3.05) is 37.6 Å². The maximum absolute atomic E-state index is 13.0. The Kier molecular flexibility index (Phi) is 5.22. The Labute approximate surface area is 128 Å². The molecule has 1 heterocycles. The lowest BCUT2D eigenvalue weighted by Gasteiger charge is -2.40. The zero-order valence-corrected chi connectivity index (χ0v) is 13.7. The maximum atomic E-state index is 13.0. The molecule has 118 valence electrons. The highest BCUT2D eigenvalue weighted by Crippen LogP contribution is 2.17. The minimum Gasteiger partial charge on any atom is -0.369 e. The number of rotatable bonds is 4. The first-order chi connectivity index (χ1) is 9.85. The summed E-state index contributed by atoms with van der Waals surface area (Å²) in [4.78, 5) is 4.86. The van der Waals surface area contributed by atoms with Crippen molar-refractivity contribution in [3.8, 4) is 0 Å². The molecule has 1 fully saturated rings. The third kappa shape index (κ3) is 4.97. The van der Waals surface area contributed by atoms with Crippen molar-refractivity contribution in [2.45, 2.75) is 39.3 Å². The minimum atomic E-state index is -0.167. The van der Waals surface area contributed by atoms with Gasteiger partial charge < -0.3 is 10.2 Å². The van der Waals surface area contributed by atoms with Gasteiger partial charge in [-0.2, -0.15) is 0 Å². The quantitative estimate of drug-likeness (QED) is 0.921. The predicted octanol–water partition coefficient (Wildman–Crippen LogP) is 2.72. The molecule has 21 heavy (non-hydrogen) atoms. The van der Waals surface area contributed by atoms with Crippen LogP contribution in [0, 0.1) is 5.82 Å². The lowest BCUT2D eigenvalue weighted by Crippen LogP contribution is -2.53. The Balaban J connectivity index is 1.81. The molecule has 0 radical (unpaired) electrons. The molecular formula is C17H28FN3. The van der Waals surface area contributed by atoms with E-state index in [4.69, 9.17) is 0 Å². The molecule has 4 heteroatoms. The van der Waals surface area contributed by atoms with Crippen LogP contribution < -0.4 is 10.2 Å². The van der Waals surface area contributed by atoms with E-state index in [2.05, 4.69) is 42.8 Å². The van der Waals surface area contributed by atoms with Crippen LogP contribution in [0.5, 0.6) is 0 Å². The summed E-state index contributed by atoms with van der Waals surface area (Å²) in [5, 5.41) is 3.57. The highest BCUT2D eigenvalue weighted by molar-refractivity contribution is 5.46. The Bertz CT molecular complexity index is 430. The van der Waals surface area contributed by atoms with Crippen molar-refractivity contribution < 1.29 is 4.39 Å². The van der Waals surface area contributed by atoms with E-state index in [1.165, 1.54) is 12.1 Å². The molecule has 0 bridgehead atoms. The first kappa shape index (κ1) is 16.2. The number of piperazine rings is 1. The van der Waals surface area contributed by atoms with Crippen LogP contribution in [0.3, 0.4) is 0 Å². The summed E-state index contributed by atoms with van der Waals surface area (Å²) < 4.78 is 13.0. The molecule has 0 spiro atoms. The molecule has 1 aliphatic rings.